The number of fused-ring (bicyclic) bond motifs is 1. The second kappa shape index (κ2) is 4.30. The molecule has 2 aromatic rings. The van der Waals surface area contributed by atoms with Gasteiger partial charge in [-0.2, -0.15) is 4.58 Å². The summed E-state index contributed by atoms with van der Waals surface area (Å²) in [4.78, 5) is 0. The van der Waals surface area contributed by atoms with Crippen LogP contribution in [0.4, 0.5) is 5.69 Å². The normalized spacial score (nSPS) is 13.6. The summed E-state index contributed by atoms with van der Waals surface area (Å²) in [5.41, 5.74) is 4.92. The highest BCUT2D eigenvalue weighted by Crippen LogP contribution is 2.27. The third-order valence-electron chi connectivity index (χ3n) is 3.48. The fraction of sp³-hybridized carbons (Fsp3) is 0.188. The third kappa shape index (κ3) is 1.80. The first-order chi connectivity index (χ1) is 8.75. The first-order valence-electron chi connectivity index (χ1n) is 6.15. The minimum absolute atomic E-state index is 0.569. The van der Waals surface area contributed by atoms with E-state index in [4.69, 9.17) is 4.74 Å². The van der Waals surface area contributed by atoms with Crippen LogP contribution in [0.1, 0.15) is 16.7 Å². The summed E-state index contributed by atoms with van der Waals surface area (Å²) in [6.07, 6.45) is 2.18. The molecule has 2 nitrogen and oxygen atoms in total. The Labute approximate surface area is 107 Å². The molecule has 0 radical (unpaired) electrons. The lowest BCUT2D eigenvalue weighted by molar-refractivity contribution is -0.476. The molecule has 0 unspecified atom stereocenters. The van der Waals surface area contributed by atoms with Crippen LogP contribution in [0.3, 0.4) is 0 Å². The van der Waals surface area contributed by atoms with Crippen LogP contribution in [0.15, 0.2) is 42.5 Å². The Kier molecular flexibility index (Phi) is 2.63. The van der Waals surface area contributed by atoms with Crippen LogP contribution in [0, 0.1) is 13.8 Å². The number of hydrogen-bond acceptors (Lipinski definition) is 1. The molecule has 0 amide bonds. The van der Waals surface area contributed by atoms with Crippen molar-refractivity contribution in [3.63, 3.8) is 0 Å². The van der Waals surface area contributed by atoms with Gasteiger partial charge in [-0.05, 0) is 31.0 Å². The fourth-order valence-electron chi connectivity index (χ4n) is 2.20. The van der Waals surface area contributed by atoms with Gasteiger partial charge < -0.3 is 4.74 Å². The number of para-hydroxylation sites is 1. The third-order valence-corrected chi connectivity index (χ3v) is 3.48. The minimum atomic E-state index is 0.569. The Morgan fingerprint density at radius 2 is 1.78 bits per heavy atom. The van der Waals surface area contributed by atoms with Gasteiger partial charge in [-0.15, -0.1) is 0 Å². The van der Waals surface area contributed by atoms with E-state index in [1.807, 2.05) is 18.2 Å². The summed E-state index contributed by atoms with van der Waals surface area (Å²) in [5, 5.41) is 0. The first kappa shape index (κ1) is 11.0. The smallest absolute Gasteiger partial charge is 0.292 e. The van der Waals surface area contributed by atoms with E-state index < -0.39 is 0 Å². The van der Waals surface area contributed by atoms with Gasteiger partial charge in [-0.3, -0.25) is 0 Å². The zero-order valence-electron chi connectivity index (χ0n) is 10.7. The molecule has 0 N–H and O–H groups in total. The Morgan fingerprint density at radius 3 is 2.56 bits per heavy atom. The fourth-order valence-corrected chi connectivity index (χ4v) is 2.20. The standard InChI is InChI=1S/C16H16NO/c1-12-8-9-16-15(13(12)2)10-17(11-18-16)14-6-4-3-5-7-14/h3-10H,11H2,1-2H3/q+1. The lowest BCUT2D eigenvalue weighted by atomic mass is 10.0. The number of nitrogens with zero attached hydrogens (tertiary/aromatic N) is 1. The maximum absolute atomic E-state index is 5.82. The quantitative estimate of drug-likeness (QED) is 0.693. The second-order valence-corrected chi connectivity index (χ2v) is 4.63. The van der Waals surface area contributed by atoms with Crippen molar-refractivity contribution in [3.05, 3.63) is 59.2 Å². The summed E-state index contributed by atoms with van der Waals surface area (Å²) < 4.78 is 7.95. The largest absolute Gasteiger partial charge is 0.435 e. The lowest BCUT2D eigenvalue weighted by Crippen LogP contribution is -2.21. The van der Waals surface area contributed by atoms with Crippen LogP contribution in [0.2, 0.25) is 0 Å². The van der Waals surface area contributed by atoms with Gasteiger partial charge in [0.2, 0.25) is 5.69 Å². The maximum Gasteiger partial charge on any atom is 0.292 e. The van der Waals surface area contributed by atoms with E-state index in [9.17, 15) is 0 Å². The molecule has 3 rings (SSSR count). The van der Waals surface area contributed by atoms with E-state index in [1.54, 1.807) is 0 Å². The first-order valence-corrected chi connectivity index (χ1v) is 6.15. The van der Waals surface area contributed by atoms with Crippen molar-refractivity contribution in [1.29, 1.82) is 0 Å². The second-order valence-electron chi connectivity index (χ2n) is 4.63. The van der Waals surface area contributed by atoms with Crippen molar-refractivity contribution in [2.45, 2.75) is 13.8 Å². The predicted octanol–water partition coefficient (Wildman–Crippen LogP) is 3.42. The number of benzene rings is 2. The average Bonchev–Trinajstić information content (AvgIpc) is 2.44. The molecule has 2 heteroatoms. The predicted molar refractivity (Wildman–Crippen MR) is 72.9 cm³/mol. The molecule has 0 saturated carbocycles. The van der Waals surface area contributed by atoms with Gasteiger partial charge >= 0.3 is 0 Å². The van der Waals surface area contributed by atoms with E-state index in [1.165, 1.54) is 16.7 Å². The zero-order valence-corrected chi connectivity index (χ0v) is 10.7. The molecule has 1 aliphatic heterocycles. The summed E-state index contributed by atoms with van der Waals surface area (Å²) in [5.74, 6) is 0.977. The van der Waals surface area contributed by atoms with Crippen LogP contribution in [-0.2, 0) is 0 Å². The zero-order chi connectivity index (χ0) is 12.5. The molecule has 0 fully saturated rings. The van der Waals surface area contributed by atoms with Crippen LogP contribution in [-0.4, -0.2) is 17.5 Å². The van der Waals surface area contributed by atoms with Crippen molar-refractivity contribution in [1.82, 2.24) is 0 Å². The molecule has 0 aromatic heterocycles. The van der Waals surface area contributed by atoms with Crippen LogP contribution in [0.5, 0.6) is 5.75 Å². The van der Waals surface area contributed by atoms with Gasteiger partial charge in [0.15, 0.2) is 6.21 Å². The lowest BCUT2D eigenvalue weighted by Gasteiger charge is -2.16. The van der Waals surface area contributed by atoms with Crippen LogP contribution in [0.25, 0.3) is 0 Å². The highest BCUT2D eigenvalue weighted by molar-refractivity contribution is 5.84. The number of aryl methyl sites for hydroxylation is 1. The topological polar surface area (TPSA) is 12.2 Å². The molecule has 0 spiro atoms. The Morgan fingerprint density at radius 1 is 1.00 bits per heavy atom. The highest BCUT2D eigenvalue weighted by Gasteiger charge is 2.20. The minimum Gasteiger partial charge on any atom is -0.435 e. The van der Waals surface area contributed by atoms with Gasteiger partial charge in [0.25, 0.3) is 6.73 Å². The number of rotatable bonds is 1. The molecule has 2 aromatic carbocycles. The van der Waals surface area contributed by atoms with E-state index >= 15 is 0 Å². The Hall–Kier alpha value is -2.09. The molecule has 90 valence electrons. The molecule has 0 saturated heterocycles. The van der Waals surface area contributed by atoms with Gasteiger partial charge in [0.05, 0.1) is 5.56 Å². The SMILES string of the molecule is Cc1ccc2c(c1C)C=[N+](c1ccccc1)CO2. The van der Waals surface area contributed by atoms with Crippen molar-refractivity contribution < 1.29 is 9.31 Å². The molecule has 1 aliphatic rings. The van der Waals surface area contributed by atoms with Gasteiger partial charge in [0.1, 0.15) is 5.75 Å². The maximum atomic E-state index is 5.82. The molecule has 0 aliphatic carbocycles. The van der Waals surface area contributed by atoms with Crippen molar-refractivity contribution in [3.8, 4) is 5.75 Å². The van der Waals surface area contributed by atoms with Crippen LogP contribution >= 0.6 is 0 Å². The summed E-state index contributed by atoms with van der Waals surface area (Å²) in [7, 11) is 0. The van der Waals surface area contributed by atoms with Gasteiger partial charge in [-0.1, -0.05) is 24.3 Å². The van der Waals surface area contributed by atoms with E-state index in [0.29, 0.717) is 6.73 Å². The van der Waals surface area contributed by atoms with Crippen molar-refractivity contribution in [2.24, 2.45) is 0 Å². The average molecular weight is 238 g/mol. The Balaban J connectivity index is 2.11. The van der Waals surface area contributed by atoms with Crippen LogP contribution < -0.4 is 4.74 Å². The monoisotopic (exact) mass is 238 g/mol. The number of ether oxygens (including phenoxy) is 1. The van der Waals surface area contributed by atoms with E-state index in [2.05, 4.69) is 48.9 Å². The summed E-state index contributed by atoms with van der Waals surface area (Å²) in [6.45, 7) is 4.84. The van der Waals surface area contributed by atoms with E-state index in [0.717, 1.165) is 11.4 Å². The highest BCUT2D eigenvalue weighted by atomic mass is 16.5. The molecule has 1 heterocycles. The number of hydrogen-bond donors (Lipinski definition) is 0. The molecule has 0 atom stereocenters. The summed E-state index contributed by atoms with van der Waals surface area (Å²) >= 11 is 0. The molecular weight excluding hydrogens is 222 g/mol. The molecule has 0 bridgehead atoms. The summed E-state index contributed by atoms with van der Waals surface area (Å²) in [6, 6.07) is 14.5. The van der Waals surface area contributed by atoms with Crippen molar-refractivity contribution in [2.75, 3.05) is 6.73 Å². The Bertz CT molecular complexity index is 614. The molecule has 18 heavy (non-hydrogen) atoms. The van der Waals surface area contributed by atoms with E-state index in [-0.39, 0.29) is 0 Å². The van der Waals surface area contributed by atoms with Crippen molar-refractivity contribution >= 4 is 11.9 Å². The van der Waals surface area contributed by atoms with Gasteiger partial charge in [0, 0.05) is 12.1 Å². The van der Waals surface area contributed by atoms with Gasteiger partial charge in [-0.25, -0.2) is 0 Å². The molecular formula is C16H16NO+.